The fraction of sp³-hybridized carbons (Fsp3) is 0.286. The van der Waals surface area contributed by atoms with Crippen molar-refractivity contribution in [1.82, 2.24) is 0 Å². The zero-order valence-electron chi connectivity index (χ0n) is 11.2. The van der Waals surface area contributed by atoms with E-state index in [4.69, 9.17) is 0 Å². The highest BCUT2D eigenvalue weighted by atomic mass is 32.2. The van der Waals surface area contributed by atoms with Crippen LogP contribution in [0.1, 0.15) is 18.9 Å². The van der Waals surface area contributed by atoms with Crippen molar-refractivity contribution >= 4 is 34.5 Å². The van der Waals surface area contributed by atoms with Crippen molar-refractivity contribution < 1.29 is 4.92 Å². The Morgan fingerprint density at radius 1 is 1.40 bits per heavy atom. The third-order valence-electron chi connectivity index (χ3n) is 2.70. The van der Waals surface area contributed by atoms with E-state index in [1.807, 2.05) is 24.4 Å². The first-order chi connectivity index (χ1) is 9.70. The summed E-state index contributed by atoms with van der Waals surface area (Å²) >= 11 is 3.38. The van der Waals surface area contributed by atoms with Gasteiger partial charge in [0.2, 0.25) is 0 Å². The highest BCUT2D eigenvalue weighted by Crippen LogP contribution is 2.31. The van der Waals surface area contributed by atoms with Crippen molar-refractivity contribution in [2.75, 3.05) is 11.9 Å². The molecule has 1 aromatic heterocycles. The Balaban J connectivity index is 2.10. The molecule has 0 unspecified atom stereocenters. The van der Waals surface area contributed by atoms with Crippen molar-refractivity contribution in [3.8, 4) is 0 Å². The van der Waals surface area contributed by atoms with Gasteiger partial charge in [-0.1, -0.05) is 19.1 Å². The van der Waals surface area contributed by atoms with Crippen molar-refractivity contribution in [3.05, 3.63) is 51.4 Å². The predicted molar refractivity (Wildman–Crippen MR) is 85.8 cm³/mol. The highest BCUT2D eigenvalue weighted by Gasteiger charge is 2.14. The van der Waals surface area contributed by atoms with Gasteiger partial charge in [0.15, 0.2) is 0 Å². The van der Waals surface area contributed by atoms with Crippen molar-refractivity contribution in [1.29, 1.82) is 0 Å². The molecule has 0 aliphatic heterocycles. The summed E-state index contributed by atoms with van der Waals surface area (Å²) in [6, 6.07) is 9.48. The van der Waals surface area contributed by atoms with Crippen LogP contribution in [0.25, 0.3) is 0 Å². The quantitative estimate of drug-likeness (QED) is 0.455. The average molecular weight is 308 g/mol. The summed E-state index contributed by atoms with van der Waals surface area (Å²) in [7, 11) is 0. The smallest absolute Gasteiger partial charge is 0.292 e. The monoisotopic (exact) mass is 308 g/mol. The third-order valence-corrected chi connectivity index (χ3v) is 4.90. The van der Waals surface area contributed by atoms with E-state index in [1.165, 1.54) is 4.21 Å². The fourth-order valence-electron chi connectivity index (χ4n) is 1.73. The van der Waals surface area contributed by atoms with E-state index in [2.05, 4.69) is 11.4 Å². The molecule has 0 saturated carbocycles. The minimum atomic E-state index is -0.322. The summed E-state index contributed by atoms with van der Waals surface area (Å²) in [6.07, 6.45) is 0.938. The van der Waals surface area contributed by atoms with Gasteiger partial charge >= 0.3 is 0 Å². The van der Waals surface area contributed by atoms with Crippen LogP contribution >= 0.6 is 23.1 Å². The van der Waals surface area contributed by atoms with E-state index in [9.17, 15) is 10.1 Å². The molecule has 1 aromatic carbocycles. The number of nitro benzene ring substituents is 1. The minimum Gasteiger partial charge on any atom is -0.380 e. The minimum absolute atomic E-state index is 0.155. The second-order valence-corrected chi connectivity index (χ2v) is 6.48. The van der Waals surface area contributed by atoms with Gasteiger partial charge in [0.1, 0.15) is 5.69 Å². The van der Waals surface area contributed by atoms with Gasteiger partial charge in [-0.15, -0.1) is 23.1 Å². The van der Waals surface area contributed by atoms with E-state index >= 15 is 0 Å². The molecule has 1 N–H and O–H groups in total. The van der Waals surface area contributed by atoms with Crippen LogP contribution in [0.4, 0.5) is 11.4 Å². The molecule has 0 bridgehead atoms. The van der Waals surface area contributed by atoms with Gasteiger partial charge in [0, 0.05) is 18.4 Å². The number of anilines is 1. The number of nitro groups is 1. The molecule has 0 saturated heterocycles. The fourth-order valence-corrected chi connectivity index (χ4v) is 3.45. The first-order valence-corrected chi connectivity index (χ1v) is 8.24. The Bertz CT molecular complexity index is 571. The van der Waals surface area contributed by atoms with E-state index in [0.717, 1.165) is 24.3 Å². The summed E-state index contributed by atoms with van der Waals surface area (Å²) in [5.41, 5.74) is 1.72. The number of thioether (sulfide) groups is 1. The first-order valence-electron chi connectivity index (χ1n) is 6.38. The third kappa shape index (κ3) is 3.98. The molecule has 0 atom stereocenters. The van der Waals surface area contributed by atoms with Gasteiger partial charge in [-0.3, -0.25) is 10.1 Å². The standard InChI is InChI=1S/C14H16N2O2S2/c1-2-7-15-12-6-5-11(9-13(12)16(17)18)10-20-14-4-3-8-19-14/h3-6,8-9,15H,2,7,10H2,1H3. The number of rotatable bonds is 7. The van der Waals surface area contributed by atoms with Gasteiger partial charge in [0.05, 0.1) is 9.13 Å². The molecule has 2 rings (SSSR count). The molecule has 0 fully saturated rings. The molecular weight excluding hydrogens is 292 g/mol. The van der Waals surface area contributed by atoms with Crippen LogP contribution in [0.5, 0.6) is 0 Å². The lowest BCUT2D eigenvalue weighted by Crippen LogP contribution is -2.03. The molecule has 0 aliphatic carbocycles. The predicted octanol–water partition coefficient (Wildman–Crippen LogP) is 4.77. The number of nitrogens with one attached hydrogen (secondary N) is 1. The van der Waals surface area contributed by atoms with Gasteiger partial charge in [0.25, 0.3) is 5.69 Å². The van der Waals surface area contributed by atoms with Crippen LogP contribution in [0.3, 0.4) is 0 Å². The SMILES string of the molecule is CCCNc1ccc(CSc2cccs2)cc1[N+](=O)[O-]. The summed E-state index contributed by atoms with van der Waals surface area (Å²) in [6.45, 7) is 2.77. The Hall–Kier alpha value is -1.53. The molecule has 2 aromatic rings. The van der Waals surface area contributed by atoms with Crippen molar-refractivity contribution in [3.63, 3.8) is 0 Å². The van der Waals surface area contributed by atoms with Gasteiger partial charge < -0.3 is 5.32 Å². The van der Waals surface area contributed by atoms with Crippen LogP contribution in [-0.4, -0.2) is 11.5 Å². The normalized spacial score (nSPS) is 10.4. The van der Waals surface area contributed by atoms with Crippen LogP contribution in [0, 0.1) is 10.1 Å². The number of nitrogens with zero attached hydrogens (tertiary/aromatic N) is 1. The number of hydrogen-bond acceptors (Lipinski definition) is 5. The summed E-state index contributed by atoms with van der Waals surface area (Å²) in [5.74, 6) is 0.745. The average Bonchev–Trinajstić information content (AvgIpc) is 2.96. The molecule has 6 heteroatoms. The van der Waals surface area contributed by atoms with E-state index in [1.54, 1.807) is 35.2 Å². The van der Waals surface area contributed by atoms with E-state index in [0.29, 0.717) is 5.69 Å². The van der Waals surface area contributed by atoms with Crippen LogP contribution in [0.15, 0.2) is 39.9 Å². The number of hydrogen-bond donors (Lipinski definition) is 1. The van der Waals surface area contributed by atoms with Crippen LogP contribution < -0.4 is 5.32 Å². The lowest BCUT2D eigenvalue weighted by Gasteiger charge is -2.07. The van der Waals surface area contributed by atoms with Gasteiger partial charge in [-0.05, 0) is 29.5 Å². The zero-order chi connectivity index (χ0) is 14.4. The van der Waals surface area contributed by atoms with Crippen LogP contribution in [0.2, 0.25) is 0 Å². The Kier molecular flexibility index (Phi) is 5.43. The molecule has 0 aliphatic rings. The zero-order valence-corrected chi connectivity index (χ0v) is 12.8. The molecule has 4 nitrogen and oxygen atoms in total. The lowest BCUT2D eigenvalue weighted by atomic mass is 10.2. The molecular formula is C14H16N2O2S2. The van der Waals surface area contributed by atoms with Crippen LogP contribution in [-0.2, 0) is 5.75 Å². The largest absolute Gasteiger partial charge is 0.380 e. The summed E-state index contributed by atoms with van der Waals surface area (Å²) in [4.78, 5) is 10.8. The van der Waals surface area contributed by atoms with E-state index in [-0.39, 0.29) is 10.6 Å². The maximum atomic E-state index is 11.1. The molecule has 106 valence electrons. The first kappa shape index (κ1) is 14.9. The highest BCUT2D eigenvalue weighted by molar-refractivity contribution is 8.00. The van der Waals surface area contributed by atoms with Crippen molar-refractivity contribution in [2.24, 2.45) is 0 Å². The van der Waals surface area contributed by atoms with Gasteiger partial charge in [-0.2, -0.15) is 0 Å². The number of benzene rings is 1. The summed E-state index contributed by atoms with van der Waals surface area (Å²) in [5, 5.41) is 16.3. The maximum absolute atomic E-state index is 11.1. The molecule has 0 amide bonds. The Morgan fingerprint density at radius 3 is 2.90 bits per heavy atom. The Morgan fingerprint density at radius 2 is 2.25 bits per heavy atom. The van der Waals surface area contributed by atoms with E-state index < -0.39 is 0 Å². The van der Waals surface area contributed by atoms with Gasteiger partial charge in [-0.25, -0.2) is 0 Å². The topological polar surface area (TPSA) is 55.2 Å². The lowest BCUT2D eigenvalue weighted by molar-refractivity contribution is -0.384. The molecule has 1 heterocycles. The second kappa shape index (κ2) is 7.31. The molecule has 20 heavy (non-hydrogen) atoms. The molecule has 0 spiro atoms. The summed E-state index contributed by atoms with van der Waals surface area (Å²) < 4.78 is 1.22. The second-order valence-electron chi connectivity index (χ2n) is 4.26. The molecule has 0 radical (unpaired) electrons. The van der Waals surface area contributed by atoms with Crippen molar-refractivity contribution in [2.45, 2.75) is 23.3 Å². The Labute approximate surface area is 126 Å². The number of thiophene rings is 1. The maximum Gasteiger partial charge on any atom is 0.292 e.